The van der Waals surface area contributed by atoms with Crippen LogP contribution in [0, 0.1) is 5.92 Å². The van der Waals surface area contributed by atoms with Crippen LogP contribution in [0.3, 0.4) is 0 Å². The Morgan fingerprint density at radius 3 is 2.57 bits per heavy atom. The van der Waals surface area contributed by atoms with Gasteiger partial charge in [-0.05, 0) is 90.1 Å². The molecule has 0 radical (unpaired) electrons. The molecule has 0 aliphatic carbocycles. The van der Waals surface area contributed by atoms with Crippen molar-refractivity contribution in [2.75, 3.05) is 33.2 Å². The third-order valence-electron chi connectivity index (χ3n) is 6.39. The van der Waals surface area contributed by atoms with Crippen molar-refractivity contribution in [1.82, 2.24) is 15.1 Å². The molecule has 5 nitrogen and oxygen atoms in total. The SMILES string of the molecule is CC(NC(=O)C1CCN(C2CCN(C)CC2)CC1)c1cc2cc(Cl)ccc2o1. The highest BCUT2D eigenvalue weighted by Gasteiger charge is 2.30. The number of hydrogen-bond donors (Lipinski definition) is 1. The predicted octanol–water partition coefficient (Wildman–Crippen LogP) is 4.07. The lowest BCUT2D eigenvalue weighted by atomic mass is 9.92. The van der Waals surface area contributed by atoms with Gasteiger partial charge >= 0.3 is 0 Å². The Morgan fingerprint density at radius 2 is 1.86 bits per heavy atom. The fraction of sp³-hybridized carbons (Fsp3) is 0.591. The van der Waals surface area contributed by atoms with Crippen LogP contribution < -0.4 is 5.32 Å². The Bertz CT molecular complexity index is 820. The van der Waals surface area contributed by atoms with Crippen LogP contribution in [0.4, 0.5) is 0 Å². The van der Waals surface area contributed by atoms with Crippen molar-refractivity contribution in [2.24, 2.45) is 5.92 Å². The highest BCUT2D eigenvalue weighted by atomic mass is 35.5. The number of carbonyl (C=O) groups is 1. The normalized spacial score (nSPS) is 21.8. The Kier molecular flexibility index (Phi) is 5.95. The summed E-state index contributed by atoms with van der Waals surface area (Å²) in [7, 11) is 2.20. The molecule has 28 heavy (non-hydrogen) atoms. The number of rotatable bonds is 4. The van der Waals surface area contributed by atoms with Gasteiger partial charge in [0.15, 0.2) is 0 Å². The lowest BCUT2D eigenvalue weighted by molar-refractivity contribution is -0.127. The van der Waals surface area contributed by atoms with Gasteiger partial charge in [0.2, 0.25) is 5.91 Å². The Hall–Kier alpha value is -1.56. The molecule has 2 fully saturated rings. The topological polar surface area (TPSA) is 48.7 Å². The summed E-state index contributed by atoms with van der Waals surface area (Å²) in [6.45, 7) is 6.41. The number of benzene rings is 1. The molecule has 1 atom stereocenters. The van der Waals surface area contributed by atoms with Gasteiger partial charge in [-0.3, -0.25) is 4.79 Å². The molecule has 2 aliphatic rings. The van der Waals surface area contributed by atoms with Gasteiger partial charge in [-0.15, -0.1) is 0 Å². The minimum atomic E-state index is -0.148. The van der Waals surface area contributed by atoms with Crippen LogP contribution in [0.25, 0.3) is 11.0 Å². The number of likely N-dealkylation sites (tertiary alicyclic amines) is 2. The standard InChI is InChI=1S/C22H30ClN3O2/c1-15(21-14-17-13-18(23)3-4-20(17)28-21)24-22(27)16-5-11-26(12-6-16)19-7-9-25(2)10-8-19/h3-4,13-16,19H,5-12H2,1-2H3,(H,24,27). The molecule has 3 heterocycles. The maximum absolute atomic E-state index is 12.8. The van der Waals surface area contributed by atoms with E-state index in [1.54, 1.807) is 0 Å². The highest BCUT2D eigenvalue weighted by molar-refractivity contribution is 6.31. The van der Waals surface area contributed by atoms with E-state index in [0.717, 1.165) is 42.7 Å². The van der Waals surface area contributed by atoms with Gasteiger partial charge in [0.1, 0.15) is 11.3 Å². The van der Waals surface area contributed by atoms with Gasteiger partial charge in [0.25, 0.3) is 0 Å². The lowest BCUT2D eigenvalue weighted by Crippen LogP contribution is -2.48. The number of furan rings is 1. The van der Waals surface area contributed by atoms with Crippen LogP contribution in [-0.2, 0) is 4.79 Å². The molecule has 0 saturated carbocycles. The van der Waals surface area contributed by atoms with Crippen molar-refractivity contribution in [2.45, 2.75) is 44.7 Å². The van der Waals surface area contributed by atoms with E-state index in [1.807, 2.05) is 31.2 Å². The smallest absolute Gasteiger partial charge is 0.223 e. The fourth-order valence-corrected chi connectivity index (χ4v) is 4.72. The van der Waals surface area contributed by atoms with E-state index >= 15 is 0 Å². The molecule has 1 aromatic carbocycles. The summed E-state index contributed by atoms with van der Waals surface area (Å²) < 4.78 is 5.89. The van der Waals surface area contributed by atoms with Gasteiger partial charge in [-0.25, -0.2) is 0 Å². The molecule has 0 spiro atoms. The number of nitrogens with one attached hydrogen (secondary N) is 1. The second kappa shape index (κ2) is 8.44. The molecule has 4 rings (SSSR count). The van der Waals surface area contributed by atoms with Gasteiger partial charge < -0.3 is 19.5 Å². The van der Waals surface area contributed by atoms with Crippen molar-refractivity contribution in [1.29, 1.82) is 0 Å². The molecule has 1 aromatic heterocycles. The number of fused-ring (bicyclic) bond motifs is 1. The molecular weight excluding hydrogens is 374 g/mol. The second-order valence-electron chi connectivity index (χ2n) is 8.41. The van der Waals surface area contributed by atoms with E-state index in [-0.39, 0.29) is 17.9 Å². The fourth-order valence-electron chi connectivity index (χ4n) is 4.54. The zero-order chi connectivity index (χ0) is 19.7. The summed E-state index contributed by atoms with van der Waals surface area (Å²) in [5.41, 5.74) is 0.798. The maximum Gasteiger partial charge on any atom is 0.223 e. The van der Waals surface area contributed by atoms with Gasteiger partial charge in [0.05, 0.1) is 6.04 Å². The van der Waals surface area contributed by atoms with Gasteiger partial charge in [-0.1, -0.05) is 11.6 Å². The van der Waals surface area contributed by atoms with Crippen LogP contribution >= 0.6 is 11.6 Å². The summed E-state index contributed by atoms with van der Waals surface area (Å²) in [6.07, 6.45) is 4.39. The summed E-state index contributed by atoms with van der Waals surface area (Å²) in [5, 5.41) is 4.81. The quantitative estimate of drug-likeness (QED) is 0.835. The average Bonchev–Trinajstić information content (AvgIpc) is 3.12. The molecule has 1 unspecified atom stereocenters. The zero-order valence-electron chi connectivity index (χ0n) is 16.8. The molecule has 0 bridgehead atoms. The molecular formula is C22H30ClN3O2. The monoisotopic (exact) mass is 403 g/mol. The Balaban J connectivity index is 1.30. The number of nitrogens with zero attached hydrogens (tertiary/aromatic N) is 2. The van der Waals surface area contributed by atoms with Crippen LogP contribution in [0.15, 0.2) is 28.7 Å². The van der Waals surface area contributed by atoms with E-state index in [9.17, 15) is 4.79 Å². The Morgan fingerprint density at radius 1 is 1.14 bits per heavy atom. The largest absolute Gasteiger partial charge is 0.459 e. The van der Waals surface area contributed by atoms with E-state index < -0.39 is 0 Å². The van der Waals surface area contributed by atoms with Gasteiger partial charge in [0, 0.05) is 22.4 Å². The third kappa shape index (κ3) is 4.37. The van der Waals surface area contributed by atoms with E-state index in [0.29, 0.717) is 11.1 Å². The van der Waals surface area contributed by atoms with E-state index in [1.165, 1.54) is 25.9 Å². The first kappa shape index (κ1) is 19.7. The molecule has 6 heteroatoms. The van der Waals surface area contributed by atoms with Crippen molar-refractivity contribution in [3.8, 4) is 0 Å². The highest BCUT2D eigenvalue weighted by Crippen LogP contribution is 2.28. The van der Waals surface area contributed by atoms with Crippen molar-refractivity contribution in [3.05, 3.63) is 35.0 Å². The molecule has 2 aliphatic heterocycles. The van der Waals surface area contributed by atoms with E-state index in [4.69, 9.17) is 16.0 Å². The van der Waals surface area contributed by atoms with Crippen LogP contribution in [0.2, 0.25) is 5.02 Å². The first-order valence-electron chi connectivity index (χ1n) is 10.4. The average molecular weight is 404 g/mol. The van der Waals surface area contributed by atoms with Crippen LogP contribution in [0.5, 0.6) is 0 Å². The molecule has 1 N–H and O–H groups in total. The van der Waals surface area contributed by atoms with Crippen molar-refractivity contribution in [3.63, 3.8) is 0 Å². The van der Waals surface area contributed by atoms with Crippen molar-refractivity contribution >= 4 is 28.5 Å². The zero-order valence-corrected chi connectivity index (χ0v) is 17.5. The number of halogens is 1. The van der Waals surface area contributed by atoms with Crippen LogP contribution in [-0.4, -0.2) is 55.0 Å². The number of hydrogen-bond acceptors (Lipinski definition) is 4. The lowest BCUT2D eigenvalue weighted by Gasteiger charge is -2.40. The summed E-state index contributed by atoms with van der Waals surface area (Å²) in [4.78, 5) is 17.8. The van der Waals surface area contributed by atoms with Gasteiger partial charge in [-0.2, -0.15) is 0 Å². The molecule has 2 saturated heterocycles. The van der Waals surface area contributed by atoms with Crippen LogP contribution in [0.1, 0.15) is 44.4 Å². The molecule has 2 aromatic rings. The summed E-state index contributed by atoms with van der Waals surface area (Å²) in [6, 6.07) is 8.09. The molecule has 1 amide bonds. The summed E-state index contributed by atoms with van der Waals surface area (Å²) >= 11 is 6.05. The summed E-state index contributed by atoms with van der Waals surface area (Å²) in [5.74, 6) is 1.02. The minimum absolute atomic E-state index is 0.101. The minimum Gasteiger partial charge on any atom is -0.459 e. The first-order chi connectivity index (χ1) is 13.5. The molecule has 152 valence electrons. The van der Waals surface area contributed by atoms with E-state index in [2.05, 4.69) is 22.2 Å². The third-order valence-corrected chi connectivity index (χ3v) is 6.62. The second-order valence-corrected chi connectivity index (χ2v) is 8.84. The predicted molar refractivity (Wildman–Crippen MR) is 113 cm³/mol. The number of amides is 1. The maximum atomic E-state index is 12.8. The Labute approximate surface area is 172 Å². The number of piperidine rings is 2. The number of carbonyl (C=O) groups excluding carboxylic acids is 1. The first-order valence-corrected chi connectivity index (χ1v) is 10.8. The van der Waals surface area contributed by atoms with Crippen molar-refractivity contribution < 1.29 is 9.21 Å².